The van der Waals surface area contributed by atoms with Gasteiger partial charge in [0.05, 0.1) is 5.56 Å². The third-order valence-corrected chi connectivity index (χ3v) is 5.02. The number of ether oxygens (including phenoxy) is 2. The number of phenolic OH excluding ortho intramolecular Hbond substituents is 1. The quantitative estimate of drug-likeness (QED) is 0.620. The normalized spacial score (nSPS) is 18.4. The first-order valence-electron chi connectivity index (χ1n) is 10.1. The summed E-state index contributed by atoms with van der Waals surface area (Å²) in [6, 6.07) is 11.4. The van der Waals surface area contributed by atoms with E-state index >= 15 is 0 Å². The standard InChI is InChI=1S/C25H28O5/c1-16(2)5-4-6-17(3)13-14-29-20-10-7-18(8-11-20)25-24(28)23(27)21-12-9-19(26)15-22(21)30-25/h5,7-13,15,24-26,28H,4,6,14H2,1-3H3/b17-13+/t24-,25+/m0/s1. The maximum atomic E-state index is 12.4. The van der Waals surface area contributed by atoms with Crippen LogP contribution in [-0.4, -0.2) is 28.7 Å². The molecule has 5 nitrogen and oxygen atoms in total. The summed E-state index contributed by atoms with van der Waals surface area (Å²) in [5, 5.41) is 20.1. The number of aromatic hydroxyl groups is 1. The minimum atomic E-state index is -1.31. The van der Waals surface area contributed by atoms with Gasteiger partial charge >= 0.3 is 0 Å². The molecule has 0 bridgehead atoms. The van der Waals surface area contributed by atoms with E-state index in [4.69, 9.17) is 9.47 Å². The van der Waals surface area contributed by atoms with Crippen LogP contribution in [0.2, 0.25) is 0 Å². The van der Waals surface area contributed by atoms with Crippen molar-refractivity contribution in [2.75, 3.05) is 6.61 Å². The number of hydrogen-bond donors (Lipinski definition) is 2. The number of aliphatic hydroxyl groups is 1. The van der Waals surface area contributed by atoms with E-state index in [9.17, 15) is 15.0 Å². The molecule has 158 valence electrons. The third kappa shape index (κ3) is 5.30. The zero-order valence-electron chi connectivity index (χ0n) is 17.6. The van der Waals surface area contributed by atoms with E-state index in [2.05, 4.69) is 32.9 Å². The van der Waals surface area contributed by atoms with Gasteiger partial charge in [0.25, 0.3) is 0 Å². The van der Waals surface area contributed by atoms with Gasteiger partial charge in [-0.25, -0.2) is 0 Å². The molecule has 2 aromatic carbocycles. The van der Waals surface area contributed by atoms with Gasteiger partial charge in [0.1, 0.15) is 23.9 Å². The highest BCUT2D eigenvalue weighted by Crippen LogP contribution is 2.37. The van der Waals surface area contributed by atoms with E-state index in [0.29, 0.717) is 17.9 Å². The summed E-state index contributed by atoms with van der Waals surface area (Å²) in [6.07, 6.45) is 4.20. The van der Waals surface area contributed by atoms with Gasteiger partial charge in [0.15, 0.2) is 18.0 Å². The average Bonchev–Trinajstić information content (AvgIpc) is 2.71. The Balaban J connectivity index is 1.62. The van der Waals surface area contributed by atoms with Crippen LogP contribution in [0.5, 0.6) is 17.2 Å². The molecule has 1 heterocycles. The van der Waals surface area contributed by atoms with Crippen LogP contribution < -0.4 is 9.47 Å². The largest absolute Gasteiger partial charge is 0.508 e. The lowest BCUT2D eigenvalue weighted by Gasteiger charge is -2.29. The third-order valence-electron chi connectivity index (χ3n) is 5.02. The highest BCUT2D eigenvalue weighted by Gasteiger charge is 2.37. The monoisotopic (exact) mass is 408 g/mol. The number of hydrogen-bond acceptors (Lipinski definition) is 5. The molecule has 2 atom stereocenters. The number of ketones is 1. The van der Waals surface area contributed by atoms with Crippen LogP contribution in [-0.2, 0) is 0 Å². The van der Waals surface area contributed by atoms with Crippen molar-refractivity contribution in [1.29, 1.82) is 0 Å². The highest BCUT2D eigenvalue weighted by molar-refractivity contribution is 6.03. The Labute approximate surface area is 177 Å². The fraction of sp³-hybridized carbons (Fsp3) is 0.320. The summed E-state index contributed by atoms with van der Waals surface area (Å²) in [4.78, 5) is 12.4. The van der Waals surface area contributed by atoms with Gasteiger partial charge in [0.2, 0.25) is 0 Å². The minimum absolute atomic E-state index is 0.00429. The first-order chi connectivity index (χ1) is 14.3. The number of carbonyl (C=O) groups is 1. The molecule has 0 spiro atoms. The van der Waals surface area contributed by atoms with Gasteiger partial charge in [0, 0.05) is 6.07 Å². The Morgan fingerprint density at radius 3 is 2.53 bits per heavy atom. The number of carbonyl (C=O) groups excluding carboxylic acids is 1. The number of rotatable bonds is 7. The molecule has 0 aliphatic carbocycles. The molecule has 0 radical (unpaired) electrons. The van der Waals surface area contributed by atoms with Gasteiger partial charge in [-0.15, -0.1) is 0 Å². The maximum Gasteiger partial charge on any atom is 0.199 e. The summed E-state index contributed by atoms with van der Waals surface area (Å²) < 4.78 is 11.6. The summed E-state index contributed by atoms with van der Waals surface area (Å²) in [7, 11) is 0. The maximum absolute atomic E-state index is 12.4. The molecule has 3 rings (SSSR count). The van der Waals surface area contributed by atoms with Crippen molar-refractivity contribution in [3.05, 3.63) is 76.9 Å². The summed E-state index contributed by atoms with van der Waals surface area (Å²) in [6.45, 7) is 6.77. The molecule has 5 heteroatoms. The highest BCUT2D eigenvalue weighted by atomic mass is 16.5. The molecule has 1 aliphatic rings. The molecule has 0 amide bonds. The van der Waals surface area contributed by atoms with Crippen molar-refractivity contribution in [3.63, 3.8) is 0 Å². The second-order valence-electron chi connectivity index (χ2n) is 7.78. The average molecular weight is 408 g/mol. The van der Waals surface area contributed by atoms with Crippen LogP contribution in [0, 0.1) is 0 Å². The number of allylic oxidation sites excluding steroid dienone is 3. The zero-order chi connectivity index (χ0) is 21.7. The molecule has 0 unspecified atom stereocenters. The van der Waals surface area contributed by atoms with E-state index in [-0.39, 0.29) is 17.1 Å². The molecular formula is C25H28O5. The van der Waals surface area contributed by atoms with Crippen molar-refractivity contribution < 1.29 is 24.5 Å². The van der Waals surface area contributed by atoms with E-state index < -0.39 is 18.0 Å². The smallest absolute Gasteiger partial charge is 0.199 e. The number of aliphatic hydroxyl groups excluding tert-OH is 1. The van der Waals surface area contributed by atoms with E-state index in [1.807, 2.05) is 0 Å². The van der Waals surface area contributed by atoms with Crippen molar-refractivity contribution in [2.24, 2.45) is 0 Å². The number of benzene rings is 2. The zero-order valence-corrected chi connectivity index (χ0v) is 17.6. The second-order valence-corrected chi connectivity index (χ2v) is 7.78. The minimum Gasteiger partial charge on any atom is -0.508 e. The predicted molar refractivity (Wildman–Crippen MR) is 116 cm³/mol. The first kappa shape index (κ1) is 21.7. The summed E-state index contributed by atoms with van der Waals surface area (Å²) >= 11 is 0. The topological polar surface area (TPSA) is 76.0 Å². The van der Waals surface area contributed by atoms with Gasteiger partial charge in [-0.2, -0.15) is 0 Å². The van der Waals surface area contributed by atoms with Crippen molar-refractivity contribution in [2.45, 2.75) is 45.8 Å². The number of fused-ring (bicyclic) bond motifs is 1. The van der Waals surface area contributed by atoms with E-state index in [0.717, 1.165) is 12.8 Å². The molecule has 1 aliphatic heterocycles. The van der Waals surface area contributed by atoms with Gasteiger partial charge in [-0.3, -0.25) is 4.79 Å². The van der Waals surface area contributed by atoms with Crippen LogP contribution in [0.3, 0.4) is 0 Å². The van der Waals surface area contributed by atoms with E-state index in [1.54, 1.807) is 24.3 Å². The Bertz CT molecular complexity index is 952. The molecule has 2 N–H and O–H groups in total. The Hall–Kier alpha value is -3.05. The summed E-state index contributed by atoms with van der Waals surface area (Å²) in [5.74, 6) is 0.547. The van der Waals surface area contributed by atoms with Crippen molar-refractivity contribution >= 4 is 5.78 Å². The molecule has 2 aromatic rings. The second kappa shape index (κ2) is 9.63. The molecular weight excluding hydrogens is 380 g/mol. The van der Waals surface area contributed by atoms with Crippen molar-refractivity contribution in [1.82, 2.24) is 0 Å². The van der Waals surface area contributed by atoms with Crippen LogP contribution in [0.1, 0.15) is 55.6 Å². The predicted octanol–water partition coefficient (Wildman–Crippen LogP) is 5.14. The van der Waals surface area contributed by atoms with Crippen LogP contribution in [0.25, 0.3) is 0 Å². The molecule has 0 saturated carbocycles. The van der Waals surface area contributed by atoms with Crippen LogP contribution in [0.4, 0.5) is 0 Å². The number of phenols is 1. The lowest BCUT2D eigenvalue weighted by Crippen LogP contribution is -2.36. The Kier molecular flexibility index (Phi) is 6.95. The fourth-order valence-corrected chi connectivity index (χ4v) is 3.28. The fourth-order valence-electron chi connectivity index (χ4n) is 3.28. The molecule has 0 fully saturated rings. The molecule has 30 heavy (non-hydrogen) atoms. The Morgan fingerprint density at radius 1 is 1.10 bits per heavy atom. The van der Waals surface area contributed by atoms with Crippen molar-refractivity contribution in [3.8, 4) is 17.2 Å². The van der Waals surface area contributed by atoms with Gasteiger partial charge < -0.3 is 19.7 Å². The van der Waals surface area contributed by atoms with Crippen LogP contribution >= 0.6 is 0 Å². The lowest BCUT2D eigenvalue weighted by molar-refractivity contribution is 0.0215. The van der Waals surface area contributed by atoms with Crippen LogP contribution in [0.15, 0.2) is 65.8 Å². The van der Waals surface area contributed by atoms with Gasteiger partial charge in [-0.05, 0) is 69.5 Å². The molecule has 0 saturated heterocycles. The number of Topliss-reactive ketones (excluding diaryl/α,β-unsaturated/α-hetero) is 1. The first-order valence-corrected chi connectivity index (χ1v) is 10.1. The Morgan fingerprint density at radius 2 is 1.83 bits per heavy atom. The SMILES string of the molecule is CC(C)=CCC/C(C)=C/COc1ccc([C@H]2Oc3cc(O)ccc3C(=O)[C@@H]2O)cc1. The summed E-state index contributed by atoms with van der Waals surface area (Å²) in [5.41, 5.74) is 3.53. The van der Waals surface area contributed by atoms with Gasteiger partial charge in [-0.1, -0.05) is 29.4 Å². The molecule has 0 aromatic heterocycles. The lowest BCUT2D eigenvalue weighted by atomic mass is 9.93. The van der Waals surface area contributed by atoms with E-state index in [1.165, 1.54) is 29.3 Å².